The maximum atomic E-state index is 11.6. The maximum Gasteiger partial charge on any atom is 0.332 e. The molecular formula is C12H24N4O3. The van der Waals surface area contributed by atoms with E-state index in [2.05, 4.69) is 22.2 Å². The summed E-state index contributed by atoms with van der Waals surface area (Å²) in [5.74, 6) is -1.16. The highest BCUT2D eigenvalue weighted by Gasteiger charge is 2.23. The van der Waals surface area contributed by atoms with Crippen LogP contribution in [-0.4, -0.2) is 80.6 Å². The van der Waals surface area contributed by atoms with Gasteiger partial charge >= 0.3 is 5.97 Å². The minimum absolute atomic E-state index is 0.223. The van der Waals surface area contributed by atoms with Gasteiger partial charge in [-0.1, -0.05) is 0 Å². The Bertz CT molecular complexity index is 303. The highest BCUT2D eigenvalue weighted by atomic mass is 16.5. The number of nitrogens with one attached hydrogen (secondary N) is 1. The fraction of sp³-hybridized carbons (Fsp3) is 0.833. The molecule has 1 saturated heterocycles. The van der Waals surface area contributed by atoms with E-state index >= 15 is 0 Å². The molecular weight excluding hydrogens is 248 g/mol. The van der Waals surface area contributed by atoms with Crippen LogP contribution >= 0.6 is 0 Å². The van der Waals surface area contributed by atoms with E-state index in [9.17, 15) is 9.59 Å². The largest absolute Gasteiger partial charge is 0.464 e. The first kappa shape index (κ1) is 15.9. The molecule has 1 fully saturated rings. The zero-order valence-corrected chi connectivity index (χ0v) is 11.7. The highest BCUT2D eigenvalue weighted by Crippen LogP contribution is 1.97. The first-order chi connectivity index (χ1) is 9.04. The van der Waals surface area contributed by atoms with E-state index in [0.717, 1.165) is 32.7 Å². The molecule has 0 radical (unpaired) electrons. The first-order valence-electron chi connectivity index (χ1n) is 6.65. The van der Waals surface area contributed by atoms with Crippen LogP contribution in [0.15, 0.2) is 0 Å². The summed E-state index contributed by atoms with van der Waals surface area (Å²) in [6.07, 6.45) is 0. The van der Waals surface area contributed by atoms with Crippen molar-refractivity contribution >= 4 is 11.9 Å². The molecule has 0 spiro atoms. The summed E-state index contributed by atoms with van der Waals surface area (Å²) in [7, 11) is 2.09. The molecule has 0 saturated carbocycles. The summed E-state index contributed by atoms with van der Waals surface area (Å²) in [5, 5.41) is 2.66. The van der Waals surface area contributed by atoms with Gasteiger partial charge in [0.25, 0.3) is 0 Å². The molecule has 1 aliphatic rings. The lowest BCUT2D eigenvalue weighted by molar-refractivity contribution is -0.147. The molecule has 1 atom stereocenters. The van der Waals surface area contributed by atoms with Gasteiger partial charge in [-0.3, -0.25) is 9.69 Å². The second-order valence-corrected chi connectivity index (χ2v) is 4.67. The van der Waals surface area contributed by atoms with Crippen molar-refractivity contribution in [1.29, 1.82) is 0 Å². The summed E-state index contributed by atoms with van der Waals surface area (Å²) in [6, 6.07) is -1.23. The number of nitrogens with zero attached hydrogens (tertiary/aromatic N) is 2. The van der Waals surface area contributed by atoms with Crippen LogP contribution in [0.2, 0.25) is 0 Å². The SMILES string of the molecule is CCOC(=O)C(N)C(=O)NCCN1CCN(C)CC1. The summed E-state index contributed by atoms with van der Waals surface area (Å²) in [4.78, 5) is 27.4. The van der Waals surface area contributed by atoms with Gasteiger partial charge in [0, 0.05) is 39.3 Å². The van der Waals surface area contributed by atoms with E-state index < -0.39 is 17.9 Å². The topological polar surface area (TPSA) is 87.9 Å². The quantitative estimate of drug-likeness (QED) is 0.440. The van der Waals surface area contributed by atoms with Crippen LogP contribution in [0.5, 0.6) is 0 Å². The van der Waals surface area contributed by atoms with Gasteiger partial charge < -0.3 is 20.7 Å². The van der Waals surface area contributed by atoms with Crippen molar-refractivity contribution in [2.24, 2.45) is 5.73 Å². The zero-order valence-electron chi connectivity index (χ0n) is 11.7. The molecule has 1 amide bonds. The number of likely N-dealkylation sites (N-methyl/N-ethyl adjacent to an activating group) is 1. The van der Waals surface area contributed by atoms with Crippen LogP contribution in [0.3, 0.4) is 0 Å². The van der Waals surface area contributed by atoms with Crippen LogP contribution in [0.1, 0.15) is 6.92 Å². The van der Waals surface area contributed by atoms with Crippen molar-refractivity contribution in [3.63, 3.8) is 0 Å². The minimum Gasteiger partial charge on any atom is -0.464 e. The molecule has 7 heteroatoms. The highest BCUT2D eigenvalue weighted by molar-refractivity contribution is 6.01. The molecule has 0 aromatic heterocycles. The Morgan fingerprint density at radius 3 is 2.53 bits per heavy atom. The van der Waals surface area contributed by atoms with E-state index in [1.807, 2.05) is 0 Å². The van der Waals surface area contributed by atoms with Crippen molar-refractivity contribution < 1.29 is 14.3 Å². The monoisotopic (exact) mass is 272 g/mol. The molecule has 19 heavy (non-hydrogen) atoms. The molecule has 3 N–H and O–H groups in total. The van der Waals surface area contributed by atoms with Gasteiger partial charge in [0.1, 0.15) is 0 Å². The first-order valence-corrected chi connectivity index (χ1v) is 6.65. The summed E-state index contributed by atoms with van der Waals surface area (Å²) < 4.78 is 4.69. The smallest absolute Gasteiger partial charge is 0.332 e. The summed E-state index contributed by atoms with van der Waals surface area (Å²) in [6.45, 7) is 7.24. The normalized spacial score (nSPS) is 18.9. The van der Waals surface area contributed by atoms with E-state index in [-0.39, 0.29) is 6.61 Å². The number of rotatable bonds is 6. The fourth-order valence-corrected chi connectivity index (χ4v) is 1.86. The molecule has 7 nitrogen and oxygen atoms in total. The number of hydrogen-bond donors (Lipinski definition) is 2. The predicted octanol–water partition coefficient (Wildman–Crippen LogP) is -1.76. The number of nitrogens with two attached hydrogens (primary N) is 1. The van der Waals surface area contributed by atoms with E-state index in [0.29, 0.717) is 6.54 Å². The Morgan fingerprint density at radius 1 is 1.32 bits per heavy atom. The third-order valence-electron chi connectivity index (χ3n) is 3.15. The van der Waals surface area contributed by atoms with E-state index in [1.165, 1.54) is 0 Å². The molecule has 0 aromatic carbocycles. The van der Waals surface area contributed by atoms with Crippen LogP contribution in [0, 0.1) is 0 Å². The molecule has 1 aliphatic heterocycles. The maximum absolute atomic E-state index is 11.6. The van der Waals surface area contributed by atoms with Crippen molar-refractivity contribution in [3.8, 4) is 0 Å². The average molecular weight is 272 g/mol. The van der Waals surface area contributed by atoms with Gasteiger partial charge in [-0.2, -0.15) is 0 Å². The number of carbonyl (C=O) groups is 2. The molecule has 1 unspecified atom stereocenters. The summed E-state index contributed by atoms with van der Waals surface area (Å²) in [5.41, 5.74) is 5.48. The van der Waals surface area contributed by atoms with Crippen LogP contribution in [-0.2, 0) is 14.3 Å². The van der Waals surface area contributed by atoms with E-state index in [4.69, 9.17) is 10.5 Å². The Labute approximate surface area is 114 Å². The van der Waals surface area contributed by atoms with E-state index in [1.54, 1.807) is 6.92 Å². The minimum atomic E-state index is -1.23. The zero-order chi connectivity index (χ0) is 14.3. The molecule has 0 aromatic rings. The Balaban J connectivity index is 2.18. The van der Waals surface area contributed by atoms with Crippen molar-refractivity contribution in [3.05, 3.63) is 0 Å². The summed E-state index contributed by atoms with van der Waals surface area (Å²) >= 11 is 0. The number of hydrogen-bond acceptors (Lipinski definition) is 6. The Morgan fingerprint density at radius 2 is 1.95 bits per heavy atom. The van der Waals surface area contributed by atoms with Crippen molar-refractivity contribution in [2.45, 2.75) is 13.0 Å². The van der Waals surface area contributed by atoms with Crippen LogP contribution < -0.4 is 11.1 Å². The molecule has 1 rings (SSSR count). The second kappa shape index (κ2) is 8.08. The number of ether oxygens (including phenoxy) is 1. The predicted molar refractivity (Wildman–Crippen MR) is 71.6 cm³/mol. The number of amides is 1. The standard InChI is InChI=1S/C12H24N4O3/c1-3-19-12(18)10(13)11(17)14-4-5-16-8-6-15(2)7-9-16/h10H,3-9,13H2,1-2H3,(H,14,17). The lowest BCUT2D eigenvalue weighted by Gasteiger charge is -2.32. The Hall–Kier alpha value is -1.18. The number of piperazine rings is 1. The van der Waals surface area contributed by atoms with Gasteiger partial charge in [0.2, 0.25) is 5.91 Å². The van der Waals surface area contributed by atoms with Gasteiger partial charge in [-0.05, 0) is 14.0 Å². The van der Waals surface area contributed by atoms with Gasteiger partial charge in [-0.15, -0.1) is 0 Å². The average Bonchev–Trinajstić information content (AvgIpc) is 2.40. The molecule has 110 valence electrons. The van der Waals surface area contributed by atoms with Gasteiger partial charge in [-0.25, -0.2) is 4.79 Å². The van der Waals surface area contributed by atoms with Crippen LogP contribution in [0.4, 0.5) is 0 Å². The molecule has 1 heterocycles. The third kappa shape index (κ3) is 5.54. The molecule has 0 aliphatic carbocycles. The lowest BCUT2D eigenvalue weighted by Crippen LogP contribution is -2.50. The third-order valence-corrected chi connectivity index (χ3v) is 3.15. The lowest BCUT2D eigenvalue weighted by atomic mass is 10.3. The van der Waals surface area contributed by atoms with Crippen molar-refractivity contribution in [2.75, 3.05) is 52.9 Å². The number of esters is 1. The van der Waals surface area contributed by atoms with Gasteiger partial charge in [0.05, 0.1) is 6.61 Å². The van der Waals surface area contributed by atoms with Crippen molar-refractivity contribution in [1.82, 2.24) is 15.1 Å². The van der Waals surface area contributed by atoms with Crippen LogP contribution in [0.25, 0.3) is 0 Å². The number of carbonyl (C=O) groups excluding carboxylic acids is 2. The Kier molecular flexibility index (Phi) is 6.75. The van der Waals surface area contributed by atoms with Gasteiger partial charge in [0.15, 0.2) is 6.04 Å². The fourth-order valence-electron chi connectivity index (χ4n) is 1.86. The second-order valence-electron chi connectivity index (χ2n) is 4.67. The molecule has 0 bridgehead atoms.